The van der Waals surface area contributed by atoms with Crippen molar-refractivity contribution in [2.24, 2.45) is 10.9 Å². The average Bonchev–Trinajstić information content (AvgIpc) is 3.08. The molecule has 28 heavy (non-hydrogen) atoms. The van der Waals surface area contributed by atoms with Crippen molar-refractivity contribution in [3.8, 4) is 0 Å². The van der Waals surface area contributed by atoms with Gasteiger partial charge in [0.1, 0.15) is 5.01 Å². The quantitative estimate of drug-likeness (QED) is 0.278. The summed E-state index contributed by atoms with van der Waals surface area (Å²) in [6, 6.07) is 7.82. The van der Waals surface area contributed by atoms with E-state index in [9.17, 15) is 4.79 Å². The number of amides is 1. The maximum Gasteiger partial charge on any atom is 0.227 e. The van der Waals surface area contributed by atoms with E-state index in [0.29, 0.717) is 13.1 Å². The Morgan fingerprint density at radius 1 is 1.29 bits per heavy atom. The number of aryl methyl sites for hydroxylation is 1. The minimum atomic E-state index is 0. The van der Waals surface area contributed by atoms with E-state index in [2.05, 4.69) is 25.9 Å². The number of guanidine groups is 1. The highest BCUT2D eigenvalue weighted by atomic mass is 127. The lowest BCUT2D eigenvalue weighted by molar-refractivity contribution is -0.119. The van der Waals surface area contributed by atoms with Gasteiger partial charge in [-0.25, -0.2) is 9.98 Å². The highest BCUT2D eigenvalue weighted by molar-refractivity contribution is 14.0. The van der Waals surface area contributed by atoms with Crippen LogP contribution in [0.5, 0.6) is 0 Å². The summed E-state index contributed by atoms with van der Waals surface area (Å²) < 4.78 is 0. The molecular weight excluding hydrogens is 485 g/mol. The molecule has 0 aliphatic rings. The van der Waals surface area contributed by atoms with Gasteiger partial charge in [-0.05, 0) is 38.0 Å². The number of carbonyl (C=O) groups is 1. The van der Waals surface area contributed by atoms with Crippen molar-refractivity contribution in [2.75, 3.05) is 11.9 Å². The van der Waals surface area contributed by atoms with E-state index in [1.807, 2.05) is 58.2 Å². The van der Waals surface area contributed by atoms with Crippen molar-refractivity contribution in [1.29, 1.82) is 0 Å². The molecule has 0 aliphatic heterocycles. The Morgan fingerprint density at radius 3 is 2.71 bits per heavy atom. The number of nitrogens with zero attached hydrogens (tertiary/aromatic N) is 2. The van der Waals surface area contributed by atoms with E-state index in [1.165, 1.54) is 4.88 Å². The van der Waals surface area contributed by atoms with Gasteiger partial charge in [0, 0.05) is 29.2 Å². The largest absolute Gasteiger partial charge is 0.357 e. The van der Waals surface area contributed by atoms with E-state index in [0.717, 1.165) is 35.2 Å². The summed E-state index contributed by atoms with van der Waals surface area (Å²) in [5, 5.41) is 10.6. The highest BCUT2D eigenvalue weighted by Crippen LogP contribution is 2.14. The summed E-state index contributed by atoms with van der Waals surface area (Å²) in [6.45, 7) is 9.99. The number of benzene rings is 1. The van der Waals surface area contributed by atoms with Gasteiger partial charge in [-0.3, -0.25) is 4.79 Å². The number of hydrogen-bond donors (Lipinski definition) is 3. The van der Waals surface area contributed by atoms with Crippen LogP contribution in [0.4, 0.5) is 5.69 Å². The Bertz CT molecular complexity index is 777. The van der Waals surface area contributed by atoms with Gasteiger partial charge in [-0.2, -0.15) is 0 Å². The fraction of sp³-hybridized carbons (Fsp3) is 0.450. The normalized spacial score (nSPS) is 12.1. The Hall–Kier alpha value is -1.68. The first-order valence-corrected chi connectivity index (χ1v) is 10.2. The van der Waals surface area contributed by atoms with Crippen LogP contribution in [0, 0.1) is 12.8 Å². The summed E-state index contributed by atoms with van der Waals surface area (Å²) in [4.78, 5) is 22.3. The number of hydrogen-bond acceptors (Lipinski definition) is 4. The molecule has 0 fully saturated rings. The van der Waals surface area contributed by atoms with E-state index in [-0.39, 0.29) is 35.8 Å². The summed E-state index contributed by atoms with van der Waals surface area (Å²) in [5.74, 6) is 0.803. The molecule has 0 saturated carbocycles. The lowest BCUT2D eigenvalue weighted by atomic mass is 10.1. The van der Waals surface area contributed by atoms with Crippen LogP contribution in [0.1, 0.15) is 42.6 Å². The van der Waals surface area contributed by atoms with Crippen molar-refractivity contribution < 1.29 is 4.79 Å². The molecule has 0 aliphatic carbocycles. The van der Waals surface area contributed by atoms with E-state index >= 15 is 0 Å². The van der Waals surface area contributed by atoms with Gasteiger partial charge >= 0.3 is 0 Å². The fourth-order valence-corrected chi connectivity index (χ4v) is 3.08. The van der Waals surface area contributed by atoms with Crippen LogP contribution in [0.15, 0.2) is 35.5 Å². The predicted molar refractivity (Wildman–Crippen MR) is 128 cm³/mol. The number of rotatable bonds is 8. The van der Waals surface area contributed by atoms with Gasteiger partial charge in [0.25, 0.3) is 0 Å². The molecule has 0 radical (unpaired) electrons. The lowest BCUT2D eigenvalue weighted by Gasteiger charge is -2.12. The summed E-state index contributed by atoms with van der Waals surface area (Å²) in [6.07, 6.45) is 2.71. The Balaban J connectivity index is 0.00000392. The molecule has 1 amide bonds. The maximum absolute atomic E-state index is 12.1. The van der Waals surface area contributed by atoms with Gasteiger partial charge in [-0.1, -0.05) is 26.0 Å². The van der Waals surface area contributed by atoms with Gasteiger partial charge in [0.2, 0.25) is 5.91 Å². The second-order valence-corrected chi connectivity index (χ2v) is 7.73. The van der Waals surface area contributed by atoms with Gasteiger partial charge in [0.05, 0.1) is 13.1 Å². The molecule has 8 heteroatoms. The molecule has 0 spiro atoms. The number of anilines is 1. The molecule has 1 heterocycles. The molecule has 0 saturated heterocycles. The van der Waals surface area contributed by atoms with Crippen molar-refractivity contribution in [1.82, 2.24) is 15.6 Å². The van der Waals surface area contributed by atoms with Crippen LogP contribution in [-0.2, 0) is 17.9 Å². The second-order valence-electron chi connectivity index (χ2n) is 6.41. The number of aromatic nitrogens is 1. The third-order valence-corrected chi connectivity index (χ3v) is 5.01. The summed E-state index contributed by atoms with van der Waals surface area (Å²) in [5.41, 5.74) is 1.85. The molecule has 2 aromatic rings. The first-order chi connectivity index (χ1) is 13.0. The Morgan fingerprint density at radius 2 is 2.07 bits per heavy atom. The minimum absolute atomic E-state index is 0. The molecule has 1 atom stereocenters. The first-order valence-electron chi connectivity index (χ1n) is 9.35. The lowest BCUT2D eigenvalue weighted by Crippen LogP contribution is -2.36. The van der Waals surface area contributed by atoms with Crippen LogP contribution in [0.3, 0.4) is 0 Å². The average molecular weight is 515 g/mol. The number of nitrogens with one attached hydrogen (secondary N) is 3. The minimum Gasteiger partial charge on any atom is -0.357 e. The van der Waals surface area contributed by atoms with Crippen LogP contribution in [0.25, 0.3) is 0 Å². The maximum atomic E-state index is 12.1. The zero-order valence-electron chi connectivity index (χ0n) is 16.9. The third kappa shape index (κ3) is 8.14. The highest BCUT2D eigenvalue weighted by Gasteiger charge is 2.10. The molecule has 3 N–H and O–H groups in total. The van der Waals surface area contributed by atoms with Crippen molar-refractivity contribution >= 4 is 52.9 Å². The molecule has 154 valence electrons. The van der Waals surface area contributed by atoms with E-state index < -0.39 is 0 Å². The van der Waals surface area contributed by atoms with Crippen LogP contribution < -0.4 is 16.0 Å². The van der Waals surface area contributed by atoms with Crippen LogP contribution >= 0.6 is 35.3 Å². The summed E-state index contributed by atoms with van der Waals surface area (Å²) >= 11 is 1.68. The number of thiazole rings is 1. The smallest absolute Gasteiger partial charge is 0.227 e. The molecule has 1 unspecified atom stereocenters. The number of halogens is 1. The molecule has 1 aromatic carbocycles. The number of carbonyl (C=O) groups excluding carboxylic acids is 1. The predicted octanol–water partition coefficient (Wildman–Crippen LogP) is 4.31. The van der Waals surface area contributed by atoms with Crippen LogP contribution in [-0.4, -0.2) is 23.4 Å². The zero-order chi connectivity index (χ0) is 19.6. The third-order valence-electron chi connectivity index (χ3n) is 4.09. The monoisotopic (exact) mass is 515 g/mol. The molecule has 6 nitrogen and oxygen atoms in total. The molecule has 2 rings (SSSR count). The van der Waals surface area contributed by atoms with E-state index in [1.54, 1.807) is 11.3 Å². The fourth-order valence-electron chi connectivity index (χ4n) is 2.35. The summed E-state index contributed by atoms with van der Waals surface area (Å²) in [7, 11) is 0. The van der Waals surface area contributed by atoms with Gasteiger partial charge in [0.15, 0.2) is 5.96 Å². The SMILES string of the molecule is CCNC(=NCc1cccc(NC(=O)C(C)CC)c1)NCc1ncc(C)s1.I. The number of aliphatic imine (C=N–C) groups is 1. The van der Waals surface area contributed by atoms with Crippen molar-refractivity contribution in [3.63, 3.8) is 0 Å². The Labute approximate surface area is 188 Å². The van der Waals surface area contributed by atoms with Gasteiger partial charge < -0.3 is 16.0 Å². The standard InChI is InChI=1S/C20H29N5OS.HI/c1-5-14(3)19(26)25-17-9-7-8-16(10-17)12-23-20(21-6-2)24-13-18-22-11-15(4)27-18;/h7-11,14H,5-6,12-13H2,1-4H3,(H,25,26)(H2,21,23,24);1H. The van der Waals surface area contributed by atoms with Gasteiger partial charge in [-0.15, -0.1) is 35.3 Å². The topological polar surface area (TPSA) is 78.4 Å². The molecule has 1 aromatic heterocycles. The first kappa shape index (κ1) is 24.4. The Kier molecular flexibility index (Phi) is 11.1. The zero-order valence-corrected chi connectivity index (χ0v) is 20.1. The van der Waals surface area contributed by atoms with Crippen molar-refractivity contribution in [3.05, 3.63) is 45.9 Å². The van der Waals surface area contributed by atoms with Crippen LogP contribution in [0.2, 0.25) is 0 Å². The second kappa shape index (κ2) is 12.7. The van der Waals surface area contributed by atoms with E-state index in [4.69, 9.17) is 0 Å². The van der Waals surface area contributed by atoms with Crippen molar-refractivity contribution in [2.45, 2.75) is 47.2 Å². The molecular formula is C20H30IN5OS. The molecule has 0 bridgehead atoms.